The number of amides is 1. The molecule has 0 fully saturated rings. The molecule has 1 aromatic carbocycles. The topological polar surface area (TPSA) is 55.1 Å². The minimum absolute atomic E-state index is 0.120. The van der Waals surface area contributed by atoms with Crippen LogP contribution in [0.1, 0.15) is 43.4 Å². The number of benzene rings is 1. The van der Waals surface area contributed by atoms with Crippen LogP contribution in [0.2, 0.25) is 0 Å². The third-order valence-electron chi connectivity index (χ3n) is 3.14. The Hall–Kier alpha value is -1.51. The number of carbonyl (C=O) groups excluding carboxylic acids is 1. The van der Waals surface area contributed by atoms with E-state index in [2.05, 4.69) is 5.32 Å². The van der Waals surface area contributed by atoms with E-state index in [1.807, 2.05) is 25.1 Å². The molecule has 2 rings (SSSR count). The lowest BCUT2D eigenvalue weighted by Crippen LogP contribution is -2.30. The first-order chi connectivity index (χ1) is 7.70. The fraction of sp³-hybridized carbons (Fsp3) is 0.462. The number of nitrogens with two attached hydrogens (primary N) is 1. The molecule has 1 aliphatic rings. The monoisotopic (exact) mass is 218 g/mol. The van der Waals surface area contributed by atoms with Crippen LogP contribution in [0.4, 0.5) is 5.69 Å². The molecule has 0 bridgehead atoms. The molecule has 1 atom stereocenters. The lowest BCUT2D eigenvalue weighted by atomic mass is 9.87. The van der Waals surface area contributed by atoms with E-state index in [4.69, 9.17) is 5.73 Å². The average Bonchev–Trinajstić information content (AvgIpc) is 2.28. The van der Waals surface area contributed by atoms with Crippen molar-refractivity contribution >= 4 is 11.6 Å². The van der Waals surface area contributed by atoms with Crippen LogP contribution in [-0.4, -0.2) is 5.91 Å². The van der Waals surface area contributed by atoms with Gasteiger partial charge >= 0.3 is 0 Å². The standard InChI is InChI=1S/C13H18N2O/c1-2-13(16)15-12-5-3-4-9-8-10(14)6-7-11(9)12/h6-8,12H,2-5,14H2,1H3,(H,15,16). The fourth-order valence-corrected chi connectivity index (χ4v) is 2.28. The van der Waals surface area contributed by atoms with Crippen LogP contribution >= 0.6 is 0 Å². The lowest BCUT2D eigenvalue weighted by molar-refractivity contribution is -0.121. The van der Waals surface area contributed by atoms with Crippen molar-refractivity contribution in [1.82, 2.24) is 5.32 Å². The lowest BCUT2D eigenvalue weighted by Gasteiger charge is -2.26. The Kier molecular flexibility index (Phi) is 3.13. The smallest absolute Gasteiger partial charge is 0.220 e. The molecule has 3 heteroatoms. The Balaban J connectivity index is 2.23. The van der Waals surface area contributed by atoms with Gasteiger partial charge in [0.15, 0.2) is 0 Å². The predicted molar refractivity (Wildman–Crippen MR) is 65.0 cm³/mol. The molecule has 0 spiro atoms. The first kappa shape index (κ1) is 11.0. The summed E-state index contributed by atoms with van der Waals surface area (Å²) in [5.74, 6) is 0.120. The van der Waals surface area contributed by atoms with E-state index in [0.717, 1.165) is 24.9 Å². The molecule has 86 valence electrons. The van der Waals surface area contributed by atoms with E-state index in [1.54, 1.807) is 0 Å². The van der Waals surface area contributed by atoms with E-state index in [1.165, 1.54) is 11.1 Å². The number of hydrogen-bond acceptors (Lipinski definition) is 2. The molecule has 3 N–H and O–H groups in total. The molecular formula is C13H18N2O. The average molecular weight is 218 g/mol. The number of fused-ring (bicyclic) bond motifs is 1. The molecule has 1 aromatic rings. The van der Waals surface area contributed by atoms with Crippen LogP contribution in [0.25, 0.3) is 0 Å². The second-order valence-corrected chi connectivity index (χ2v) is 4.32. The fourth-order valence-electron chi connectivity index (χ4n) is 2.28. The molecular weight excluding hydrogens is 200 g/mol. The number of nitrogens with one attached hydrogen (secondary N) is 1. The van der Waals surface area contributed by atoms with Crippen molar-refractivity contribution in [3.63, 3.8) is 0 Å². The van der Waals surface area contributed by atoms with Gasteiger partial charge < -0.3 is 11.1 Å². The molecule has 1 aliphatic carbocycles. The summed E-state index contributed by atoms with van der Waals surface area (Å²) in [6.07, 6.45) is 3.76. The summed E-state index contributed by atoms with van der Waals surface area (Å²) < 4.78 is 0. The molecule has 3 nitrogen and oxygen atoms in total. The van der Waals surface area contributed by atoms with Crippen molar-refractivity contribution < 1.29 is 4.79 Å². The summed E-state index contributed by atoms with van der Waals surface area (Å²) in [5.41, 5.74) is 9.10. The predicted octanol–water partition coefficient (Wildman–Crippen LogP) is 2.17. The Bertz CT molecular complexity index is 401. The van der Waals surface area contributed by atoms with Crippen molar-refractivity contribution in [3.05, 3.63) is 29.3 Å². The molecule has 16 heavy (non-hydrogen) atoms. The van der Waals surface area contributed by atoms with Crippen LogP contribution in [-0.2, 0) is 11.2 Å². The number of hydrogen-bond donors (Lipinski definition) is 2. The van der Waals surface area contributed by atoms with Crippen LogP contribution in [0.3, 0.4) is 0 Å². The van der Waals surface area contributed by atoms with Gasteiger partial charge in [-0.2, -0.15) is 0 Å². The zero-order valence-corrected chi connectivity index (χ0v) is 9.62. The van der Waals surface area contributed by atoms with Gasteiger partial charge in [-0.1, -0.05) is 13.0 Å². The van der Waals surface area contributed by atoms with Gasteiger partial charge in [-0.3, -0.25) is 4.79 Å². The van der Waals surface area contributed by atoms with Crippen LogP contribution < -0.4 is 11.1 Å². The summed E-state index contributed by atoms with van der Waals surface area (Å²) in [5, 5.41) is 3.06. The van der Waals surface area contributed by atoms with Crippen LogP contribution in [0, 0.1) is 0 Å². The van der Waals surface area contributed by atoms with Gasteiger partial charge in [-0.15, -0.1) is 0 Å². The Morgan fingerprint density at radius 3 is 3.12 bits per heavy atom. The molecule has 1 amide bonds. The molecule has 1 unspecified atom stereocenters. The van der Waals surface area contributed by atoms with Gasteiger partial charge in [0.05, 0.1) is 6.04 Å². The van der Waals surface area contributed by atoms with Gasteiger partial charge in [0.25, 0.3) is 0 Å². The Labute approximate surface area is 96.0 Å². The summed E-state index contributed by atoms with van der Waals surface area (Å²) in [6.45, 7) is 1.88. The van der Waals surface area contributed by atoms with E-state index in [-0.39, 0.29) is 11.9 Å². The van der Waals surface area contributed by atoms with Crippen LogP contribution in [0.15, 0.2) is 18.2 Å². The number of aryl methyl sites for hydroxylation is 1. The second-order valence-electron chi connectivity index (χ2n) is 4.32. The van der Waals surface area contributed by atoms with E-state index >= 15 is 0 Å². The summed E-state index contributed by atoms with van der Waals surface area (Å²) in [7, 11) is 0. The minimum Gasteiger partial charge on any atom is -0.399 e. The zero-order chi connectivity index (χ0) is 11.5. The van der Waals surface area contributed by atoms with Crippen molar-refractivity contribution in [3.8, 4) is 0 Å². The maximum atomic E-state index is 11.4. The van der Waals surface area contributed by atoms with Crippen molar-refractivity contribution in [2.45, 2.75) is 38.6 Å². The molecule has 0 saturated carbocycles. The highest BCUT2D eigenvalue weighted by molar-refractivity contribution is 5.76. The zero-order valence-electron chi connectivity index (χ0n) is 9.62. The number of nitrogen functional groups attached to an aromatic ring is 1. The highest BCUT2D eigenvalue weighted by Gasteiger charge is 2.21. The highest BCUT2D eigenvalue weighted by Crippen LogP contribution is 2.30. The van der Waals surface area contributed by atoms with Gasteiger partial charge in [0, 0.05) is 12.1 Å². The minimum atomic E-state index is 0.120. The number of rotatable bonds is 2. The van der Waals surface area contributed by atoms with E-state index in [9.17, 15) is 4.79 Å². The molecule has 0 aromatic heterocycles. The van der Waals surface area contributed by atoms with Crippen LogP contribution in [0.5, 0.6) is 0 Å². The summed E-state index contributed by atoms with van der Waals surface area (Å²) in [6, 6.07) is 6.16. The largest absolute Gasteiger partial charge is 0.399 e. The SMILES string of the molecule is CCC(=O)NC1CCCc2cc(N)ccc21. The maximum Gasteiger partial charge on any atom is 0.220 e. The first-order valence-electron chi connectivity index (χ1n) is 5.88. The molecule has 0 radical (unpaired) electrons. The maximum absolute atomic E-state index is 11.4. The summed E-state index contributed by atoms with van der Waals surface area (Å²) in [4.78, 5) is 11.4. The third-order valence-corrected chi connectivity index (χ3v) is 3.14. The molecule has 0 aliphatic heterocycles. The molecule has 0 heterocycles. The van der Waals surface area contributed by atoms with Gasteiger partial charge in [-0.05, 0) is 42.5 Å². The Morgan fingerprint density at radius 2 is 2.38 bits per heavy atom. The Morgan fingerprint density at radius 1 is 1.56 bits per heavy atom. The number of anilines is 1. The third kappa shape index (κ3) is 2.18. The normalized spacial score (nSPS) is 18.9. The van der Waals surface area contributed by atoms with Gasteiger partial charge in [0.2, 0.25) is 5.91 Å². The van der Waals surface area contributed by atoms with Gasteiger partial charge in [0.1, 0.15) is 0 Å². The number of carbonyl (C=O) groups is 1. The van der Waals surface area contributed by atoms with E-state index < -0.39 is 0 Å². The van der Waals surface area contributed by atoms with Crippen molar-refractivity contribution in [2.75, 3.05) is 5.73 Å². The van der Waals surface area contributed by atoms with Crippen molar-refractivity contribution in [2.24, 2.45) is 0 Å². The highest BCUT2D eigenvalue weighted by atomic mass is 16.1. The van der Waals surface area contributed by atoms with Crippen molar-refractivity contribution in [1.29, 1.82) is 0 Å². The second kappa shape index (κ2) is 4.56. The van der Waals surface area contributed by atoms with Gasteiger partial charge in [-0.25, -0.2) is 0 Å². The summed E-state index contributed by atoms with van der Waals surface area (Å²) >= 11 is 0. The van der Waals surface area contributed by atoms with E-state index in [0.29, 0.717) is 6.42 Å². The molecule has 0 saturated heterocycles. The quantitative estimate of drug-likeness (QED) is 0.747. The first-order valence-corrected chi connectivity index (χ1v) is 5.88.